The van der Waals surface area contributed by atoms with Crippen LogP contribution in [-0.4, -0.2) is 11.8 Å². The van der Waals surface area contributed by atoms with Gasteiger partial charge in [0.15, 0.2) is 0 Å². The van der Waals surface area contributed by atoms with Gasteiger partial charge in [-0.1, -0.05) is 30.3 Å². The zero-order chi connectivity index (χ0) is 19.4. The van der Waals surface area contributed by atoms with E-state index in [0.29, 0.717) is 16.1 Å². The van der Waals surface area contributed by atoms with Crippen molar-refractivity contribution in [3.63, 3.8) is 0 Å². The zero-order valence-corrected chi connectivity index (χ0v) is 16.4. The minimum atomic E-state index is -0.172. The van der Waals surface area contributed by atoms with E-state index in [1.165, 1.54) is 11.3 Å². The second-order valence-corrected chi connectivity index (χ2v) is 7.75. The van der Waals surface area contributed by atoms with E-state index in [1.54, 1.807) is 12.1 Å². The number of amides is 2. The van der Waals surface area contributed by atoms with Crippen molar-refractivity contribution < 1.29 is 9.59 Å². The lowest BCUT2D eigenvalue weighted by atomic mass is 10.1. The number of hydrogen-bond donors (Lipinski definition) is 2. The predicted molar refractivity (Wildman–Crippen MR) is 111 cm³/mol. The number of benzene rings is 2. The van der Waals surface area contributed by atoms with Crippen molar-refractivity contribution in [2.45, 2.75) is 26.8 Å². The lowest BCUT2D eigenvalue weighted by molar-refractivity contribution is 0.0943. The normalized spacial score (nSPS) is 11.7. The SMILES string of the molecule is Cc1cc(C(=O)NC(C)c2cccc(NC(=O)c3ccccc3)c2)sc1C. The summed E-state index contributed by atoms with van der Waals surface area (Å²) in [5, 5.41) is 5.92. The number of carbonyl (C=O) groups excluding carboxylic acids is 2. The van der Waals surface area contributed by atoms with Gasteiger partial charge in [-0.05, 0) is 62.2 Å². The molecule has 0 aliphatic carbocycles. The Morgan fingerprint density at radius 3 is 2.33 bits per heavy atom. The molecule has 138 valence electrons. The molecule has 0 aliphatic rings. The van der Waals surface area contributed by atoms with Gasteiger partial charge in [-0.25, -0.2) is 0 Å². The summed E-state index contributed by atoms with van der Waals surface area (Å²) in [4.78, 5) is 26.6. The van der Waals surface area contributed by atoms with E-state index in [2.05, 4.69) is 10.6 Å². The van der Waals surface area contributed by atoms with Gasteiger partial charge < -0.3 is 10.6 Å². The molecule has 0 saturated carbocycles. The van der Waals surface area contributed by atoms with Crippen LogP contribution in [0.2, 0.25) is 0 Å². The highest BCUT2D eigenvalue weighted by Gasteiger charge is 2.15. The number of rotatable bonds is 5. The molecule has 3 aromatic rings. The average Bonchev–Trinajstić information content (AvgIpc) is 3.01. The molecule has 1 heterocycles. The molecule has 1 unspecified atom stereocenters. The Labute approximate surface area is 163 Å². The fraction of sp³-hybridized carbons (Fsp3) is 0.182. The first-order valence-electron chi connectivity index (χ1n) is 8.78. The van der Waals surface area contributed by atoms with Crippen LogP contribution in [0.25, 0.3) is 0 Å². The second-order valence-electron chi connectivity index (χ2n) is 6.49. The monoisotopic (exact) mass is 378 g/mol. The van der Waals surface area contributed by atoms with Crippen LogP contribution in [0.15, 0.2) is 60.7 Å². The summed E-state index contributed by atoms with van der Waals surface area (Å²) in [7, 11) is 0. The van der Waals surface area contributed by atoms with Gasteiger partial charge in [0.05, 0.1) is 10.9 Å². The second kappa shape index (κ2) is 8.18. The molecule has 3 rings (SSSR count). The molecule has 0 spiro atoms. The number of anilines is 1. The first kappa shape index (κ1) is 18.9. The molecule has 1 aromatic heterocycles. The van der Waals surface area contributed by atoms with Gasteiger partial charge in [0.1, 0.15) is 0 Å². The van der Waals surface area contributed by atoms with Crippen LogP contribution in [0, 0.1) is 13.8 Å². The number of thiophene rings is 1. The highest BCUT2D eigenvalue weighted by molar-refractivity contribution is 7.14. The van der Waals surface area contributed by atoms with Crippen molar-refractivity contribution in [1.29, 1.82) is 0 Å². The van der Waals surface area contributed by atoms with Crippen molar-refractivity contribution in [3.8, 4) is 0 Å². The van der Waals surface area contributed by atoms with Crippen molar-refractivity contribution in [2.24, 2.45) is 0 Å². The van der Waals surface area contributed by atoms with E-state index >= 15 is 0 Å². The molecular formula is C22H22N2O2S. The summed E-state index contributed by atoms with van der Waals surface area (Å²) < 4.78 is 0. The van der Waals surface area contributed by atoms with Crippen molar-refractivity contribution in [3.05, 3.63) is 87.1 Å². The third-order valence-electron chi connectivity index (χ3n) is 4.42. The fourth-order valence-electron chi connectivity index (χ4n) is 2.71. The van der Waals surface area contributed by atoms with E-state index in [4.69, 9.17) is 0 Å². The predicted octanol–water partition coefficient (Wildman–Crippen LogP) is 5.11. The number of nitrogens with one attached hydrogen (secondary N) is 2. The lowest BCUT2D eigenvalue weighted by Crippen LogP contribution is -2.26. The van der Waals surface area contributed by atoms with Crippen LogP contribution in [-0.2, 0) is 0 Å². The first-order chi connectivity index (χ1) is 12.9. The van der Waals surface area contributed by atoms with Gasteiger partial charge >= 0.3 is 0 Å². The quantitative estimate of drug-likeness (QED) is 0.648. The number of hydrogen-bond acceptors (Lipinski definition) is 3. The van der Waals surface area contributed by atoms with Crippen LogP contribution in [0.4, 0.5) is 5.69 Å². The lowest BCUT2D eigenvalue weighted by Gasteiger charge is -2.15. The van der Waals surface area contributed by atoms with Crippen LogP contribution >= 0.6 is 11.3 Å². The average molecular weight is 378 g/mol. The van der Waals surface area contributed by atoms with Crippen LogP contribution < -0.4 is 10.6 Å². The van der Waals surface area contributed by atoms with Crippen LogP contribution in [0.1, 0.15) is 49.0 Å². The highest BCUT2D eigenvalue weighted by atomic mass is 32.1. The Hall–Kier alpha value is -2.92. The third kappa shape index (κ3) is 4.63. The van der Waals surface area contributed by atoms with Gasteiger partial charge in [0, 0.05) is 16.1 Å². The molecule has 27 heavy (non-hydrogen) atoms. The Bertz CT molecular complexity index is 944. The highest BCUT2D eigenvalue weighted by Crippen LogP contribution is 2.23. The van der Waals surface area contributed by atoms with Crippen molar-refractivity contribution in [1.82, 2.24) is 5.32 Å². The molecule has 0 fully saturated rings. The molecule has 0 bridgehead atoms. The molecule has 2 aromatic carbocycles. The van der Waals surface area contributed by atoms with Crippen LogP contribution in [0.5, 0.6) is 0 Å². The van der Waals surface area contributed by atoms with E-state index in [1.807, 2.05) is 69.3 Å². The summed E-state index contributed by atoms with van der Waals surface area (Å²) in [6.45, 7) is 5.95. The minimum Gasteiger partial charge on any atom is -0.345 e. The maximum Gasteiger partial charge on any atom is 0.261 e. The maximum absolute atomic E-state index is 12.5. The Morgan fingerprint density at radius 2 is 1.67 bits per heavy atom. The molecular weight excluding hydrogens is 356 g/mol. The van der Waals surface area contributed by atoms with Gasteiger partial charge in [-0.2, -0.15) is 0 Å². The summed E-state index contributed by atoms with van der Waals surface area (Å²) >= 11 is 1.50. The van der Waals surface area contributed by atoms with Gasteiger partial charge in [0.25, 0.3) is 11.8 Å². The third-order valence-corrected chi connectivity index (χ3v) is 5.57. The molecule has 1 atom stereocenters. The smallest absolute Gasteiger partial charge is 0.261 e. The zero-order valence-electron chi connectivity index (χ0n) is 15.6. The van der Waals surface area contributed by atoms with Gasteiger partial charge in [0.2, 0.25) is 0 Å². The summed E-state index contributed by atoms with van der Waals surface area (Å²) in [5.74, 6) is -0.239. The fourth-order valence-corrected chi connectivity index (χ4v) is 3.65. The topological polar surface area (TPSA) is 58.2 Å². The first-order valence-corrected chi connectivity index (χ1v) is 9.60. The summed E-state index contributed by atoms with van der Waals surface area (Å²) in [5.41, 5.74) is 3.36. The largest absolute Gasteiger partial charge is 0.345 e. The molecule has 4 nitrogen and oxygen atoms in total. The summed E-state index contributed by atoms with van der Waals surface area (Å²) in [6.07, 6.45) is 0. The van der Waals surface area contributed by atoms with Gasteiger partial charge in [-0.15, -0.1) is 11.3 Å². The van der Waals surface area contributed by atoms with Gasteiger partial charge in [-0.3, -0.25) is 9.59 Å². The molecule has 2 N–H and O–H groups in total. The maximum atomic E-state index is 12.5. The van der Waals surface area contributed by atoms with E-state index in [9.17, 15) is 9.59 Å². The Balaban J connectivity index is 1.69. The van der Waals surface area contributed by atoms with Crippen LogP contribution in [0.3, 0.4) is 0 Å². The minimum absolute atomic E-state index is 0.0811. The van der Waals surface area contributed by atoms with E-state index in [-0.39, 0.29) is 17.9 Å². The number of carbonyl (C=O) groups is 2. The molecule has 2 amide bonds. The standard InChI is InChI=1S/C22H22N2O2S/c1-14-12-20(27-16(14)3)22(26)23-15(2)18-10-7-11-19(13-18)24-21(25)17-8-5-4-6-9-17/h4-13,15H,1-3H3,(H,23,26)(H,24,25). The van der Waals surface area contributed by atoms with E-state index in [0.717, 1.165) is 16.0 Å². The Morgan fingerprint density at radius 1 is 0.926 bits per heavy atom. The molecule has 0 aliphatic heterocycles. The summed E-state index contributed by atoms with van der Waals surface area (Å²) in [6, 6.07) is 18.4. The Kier molecular flexibility index (Phi) is 5.72. The van der Waals surface area contributed by atoms with E-state index < -0.39 is 0 Å². The van der Waals surface area contributed by atoms with Crippen molar-refractivity contribution in [2.75, 3.05) is 5.32 Å². The van der Waals surface area contributed by atoms with Crippen molar-refractivity contribution >= 4 is 28.8 Å². The molecule has 5 heteroatoms. The molecule has 0 radical (unpaired) electrons. The molecule has 0 saturated heterocycles. The number of aryl methyl sites for hydroxylation is 2.